The van der Waals surface area contributed by atoms with Gasteiger partial charge in [0.1, 0.15) is 6.10 Å². The van der Waals surface area contributed by atoms with Crippen LogP contribution in [0.15, 0.2) is 34.9 Å². The Bertz CT molecular complexity index is 809. The lowest BCUT2D eigenvalue weighted by molar-refractivity contribution is -0.164. The predicted octanol–water partition coefficient (Wildman–Crippen LogP) is 5.67. The molecule has 7 heteroatoms. The summed E-state index contributed by atoms with van der Waals surface area (Å²) in [5.41, 5.74) is 0.0678. The molecule has 0 fully saturated rings. The van der Waals surface area contributed by atoms with E-state index in [1.165, 1.54) is 31.9 Å². The van der Waals surface area contributed by atoms with E-state index in [1.807, 2.05) is 6.92 Å². The molecule has 0 aromatic rings. The summed E-state index contributed by atoms with van der Waals surface area (Å²) in [6, 6.07) is 0. The van der Waals surface area contributed by atoms with Crippen LogP contribution in [0.2, 0.25) is 0 Å². The molecule has 0 aliphatic rings. The van der Waals surface area contributed by atoms with Crippen molar-refractivity contribution in [2.24, 2.45) is 0 Å². The van der Waals surface area contributed by atoms with Crippen LogP contribution in [0.5, 0.6) is 0 Å². The first kappa shape index (κ1) is 37.5. The second-order valence-electron chi connectivity index (χ2n) is 12.7. The molecular weight excluding hydrogens is 496 g/mol. The summed E-state index contributed by atoms with van der Waals surface area (Å²) in [5.74, 6) is -0.456. The van der Waals surface area contributed by atoms with Gasteiger partial charge in [0.2, 0.25) is 0 Å². The molecule has 0 unspecified atom stereocenters. The highest BCUT2D eigenvalue weighted by Gasteiger charge is 2.36. The molecule has 0 bridgehead atoms. The Hall–Kier alpha value is -1.51. The van der Waals surface area contributed by atoms with Crippen LogP contribution in [0.3, 0.4) is 0 Å². The molecule has 0 saturated carbocycles. The normalized spacial score (nSPS) is 17.9. The number of hydrogen-bond acceptors (Lipinski definition) is 7. The van der Waals surface area contributed by atoms with E-state index >= 15 is 0 Å². The van der Waals surface area contributed by atoms with E-state index in [0.29, 0.717) is 19.3 Å². The topological polar surface area (TPSA) is 127 Å². The molecule has 0 rings (SSSR count). The van der Waals surface area contributed by atoms with Crippen LogP contribution in [0.1, 0.15) is 127 Å². The Morgan fingerprint density at radius 2 is 1.08 bits per heavy atom. The van der Waals surface area contributed by atoms with Gasteiger partial charge in [0.05, 0.1) is 29.0 Å². The van der Waals surface area contributed by atoms with Crippen molar-refractivity contribution >= 4 is 5.97 Å². The molecule has 0 spiro atoms. The number of carbonyl (C=O) groups excluding carboxylic acids is 1. The number of aliphatic hydroxyl groups is 5. The molecule has 39 heavy (non-hydrogen) atoms. The Morgan fingerprint density at radius 1 is 0.667 bits per heavy atom. The standard InChI is InChI=1S/C32H58O7/c1-23(15-12-16-25(3)17-19-27(34)30(5,6)36)13-10-11-14-24(2)18-20-29(39-26(4)33)32(9,38)22-21-28(35)31(7,8)37/h13-14,16,27-29,34-38H,10-12,15,17-22H2,1-9H3/b23-13+,24-14+,25-16+/t27-,28-,29+,32-/m0/s1. The number of rotatable bonds is 19. The minimum absolute atomic E-state index is 0.190. The molecule has 0 radical (unpaired) electrons. The van der Waals surface area contributed by atoms with Crippen LogP contribution in [0, 0.1) is 0 Å². The second-order valence-corrected chi connectivity index (χ2v) is 12.7. The SMILES string of the molecule is CC(=O)O[C@H](CC/C(C)=C/CC/C=C(\C)CC/C=C(\C)CC[C@H](O)C(C)(C)O)[C@@](C)(O)CC[C@H](O)C(C)(C)O. The van der Waals surface area contributed by atoms with Crippen molar-refractivity contribution in [2.75, 3.05) is 0 Å². The first-order valence-electron chi connectivity index (χ1n) is 14.4. The van der Waals surface area contributed by atoms with Gasteiger partial charge in [-0.3, -0.25) is 4.79 Å². The summed E-state index contributed by atoms with van der Waals surface area (Å²) in [7, 11) is 0. The molecule has 0 aliphatic heterocycles. The van der Waals surface area contributed by atoms with Crippen molar-refractivity contribution in [1.29, 1.82) is 0 Å². The molecule has 5 N–H and O–H groups in total. The highest BCUT2D eigenvalue weighted by Crippen LogP contribution is 2.28. The van der Waals surface area contributed by atoms with E-state index in [2.05, 4.69) is 32.1 Å². The van der Waals surface area contributed by atoms with E-state index in [4.69, 9.17) is 4.74 Å². The van der Waals surface area contributed by atoms with Crippen molar-refractivity contribution in [2.45, 2.75) is 162 Å². The first-order valence-corrected chi connectivity index (χ1v) is 14.4. The zero-order valence-electron chi connectivity index (χ0n) is 26.1. The second kappa shape index (κ2) is 17.3. The molecule has 0 aromatic heterocycles. The molecule has 0 amide bonds. The largest absolute Gasteiger partial charge is 0.459 e. The van der Waals surface area contributed by atoms with Gasteiger partial charge in [0.15, 0.2) is 0 Å². The third-order valence-corrected chi connectivity index (χ3v) is 7.35. The van der Waals surface area contributed by atoms with Crippen LogP contribution in [-0.4, -0.2) is 66.6 Å². The van der Waals surface area contributed by atoms with Crippen molar-refractivity contribution < 1.29 is 35.1 Å². The summed E-state index contributed by atoms with van der Waals surface area (Å²) in [6.07, 6.45) is 10.9. The molecule has 7 nitrogen and oxygen atoms in total. The molecule has 228 valence electrons. The monoisotopic (exact) mass is 554 g/mol. The summed E-state index contributed by atoms with van der Waals surface area (Å²) < 4.78 is 5.44. The van der Waals surface area contributed by atoms with Crippen LogP contribution in [0.4, 0.5) is 0 Å². The number of esters is 1. The number of allylic oxidation sites excluding steroid dienone is 6. The highest BCUT2D eigenvalue weighted by molar-refractivity contribution is 5.66. The minimum atomic E-state index is -1.32. The Balaban J connectivity index is 4.66. The highest BCUT2D eigenvalue weighted by atomic mass is 16.6. The predicted molar refractivity (Wildman–Crippen MR) is 158 cm³/mol. The van der Waals surface area contributed by atoms with Gasteiger partial charge in [-0.1, -0.05) is 34.9 Å². The van der Waals surface area contributed by atoms with E-state index in [-0.39, 0.29) is 12.8 Å². The van der Waals surface area contributed by atoms with Crippen LogP contribution < -0.4 is 0 Å². The fourth-order valence-electron chi connectivity index (χ4n) is 4.23. The number of aliphatic hydroxyl groups excluding tert-OH is 2. The number of hydrogen-bond donors (Lipinski definition) is 5. The number of ether oxygens (including phenoxy) is 1. The summed E-state index contributed by atoms with van der Waals surface area (Å²) in [5, 5.41) is 50.9. The smallest absolute Gasteiger partial charge is 0.303 e. The molecule has 4 atom stereocenters. The maximum Gasteiger partial charge on any atom is 0.303 e. The maximum atomic E-state index is 11.7. The van der Waals surface area contributed by atoms with Crippen LogP contribution in [0.25, 0.3) is 0 Å². The fraction of sp³-hybridized carbons (Fsp3) is 0.781. The fourth-order valence-corrected chi connectivity index (χ4v) is 4.23. The minimum Gasteiger partial charge on any atom is -0.459 e. The molecule has 0 heterocycles. The van der Waals surface area contributed by atoms with Gasteiger partial charge in [-0.05, 0) is 120 Å². The molecule has 0 aliphatic carbocycles. The van der Waals surface area contributed by atoms with Crippen molar-refractivity contribution in [3.63, 3.8) is 0 Å². The lowest BCUT2D eigenvalue weighted by Gasteiger charge is -2.34. The van der Waals surface area contributed by atoms with Gasteiger partial charge in [-0.25, -0.2) is 0 Å². The average molecular weight is 555 g/mol. The Kier molecular flexibility index (Phi) is 16.7. The van der Waals surface area contributed by atoms with E-state index < -0.39 is 41.1 Å². The number of carbonyl (C=O) groups is 1. The van der Waals surface area contributed by atoms with Gasteiger partial charge in [0, 0.05) is 6.92 Å². The molecular formula is C32H58O7. The lowest BCUT2D eigenvalue weighted by atomic mass is 9.86. The van der Waals surface area contributed by atoms with E-state index in [0.717, 1.165) is 37.7 Å². The van der Waals surface area contributed by atoms with Crippen molar-refractivity contribution in [1.82, 2.24) is 0 Å². The third kappa shape index (κ3) is 17.7. The van der Waals surface area contributed by atoms with Crippen molar-refractivity contribution in [3.8, 4) is 0 Å². The third-order valence-electron chi connectivity index (χ3n) is 7.35. The van der Waals surface area contributed by atoms with Crippen molar-refractivity contribution in [3.05, 3.63) is 34.9 Å². The van der Waals surface area contributed by atoms with E-state index in [1.54, 1.807) is 20.8 Å². The van der Waals surface area contributed by atoms with Crippen LogP contribution in [-0.2, 0) is 9.53 Å². The Morgan fingerprint density at radius 3 is 1.54 bits per heavy atom. The average Bonchev–Trinajstić information content (AvgIpc) is 2.79. The van der Waals surface area contributed by atoms with Gasteiger partial charge in [-0.2, -0.15) is 0 Å². The number of unbranched alkanes of at least 4 members (excludes halogenated alkanes) is 1. The Labute approximate surface area is 237 Å². The van der Waals surface area contributed by atoms with E-state index in [9.17, 15) is 30.3 Å². The lowest BCUT2D eigenvalue weighted by Crippen LogP contribution is -2.44. The summed E-state index contributed by atoms with van der Waals surface area (Å²) in [6.45, 7) is 15.5. The van der Waals surface area contributed by atoms with Gasteiger partial charge in [-0.15, -0.1) is 0 Å². The zero-order chi connectivity index (χ0) is 30.4. The van der Waals surface area contributed by atoms with Gasteiger partial charge in [0.25, 0.3) is 0 Å². The van der Waals surface area contributed by atoms with Gasteiger partial charge >= 0.3 is 5.97 Å². The van der Waals surface area contributed by atoms with Gasteiger partial charge < -0.3 is 30.3 Å². The molecule has 0 aromatic carbocycles. The summed E-state index contributed by atoms with van der Waals surface area (Å²) in [4.78, 5) is 11.7. The molecule has 0 saturated heterocycles. The summed E-state index contributed by atoms with van der Waals surface area (Å²) >= 11 is 0. The van der Waals surface area contributed by atoms with Crippen LogP contribution >= 0.6 is 0 Å². The maximum absolute atomic E-state index is 11.7. The zero-order valence-corrected chi connectivity index (χ0v) is 26.1. The quantitative estimate of drug-likeness (QED) is 0.0790. The first-order chi connectivity index (χ1) is 17.8.